The first kappa shape index (κ1) is 20.9. The molecule has 24 heavy (non-hydrogen) atoms. The van der Waals surface area contributed by atoms with Crippen molar-refractivity contribution in [2.45, 2.75) is 65.7 Å². The fourth-order valence-electron chi connectivity index (χ4n) is 2.32. The zero-order chi connectivity index (χ0) is 18.6. The summed E-state index contributed by atoms with van der Waals surface area (Å²) in [6, 6.07) is 8.98. The van der Waals surface area contributed by atoms with Crippen molar-refractivity contribution in [1.29, 1.82) is 0 Å². The normalized spacial score (nSPS) is 14.3. The van der Waals surface area contributed by atoms with Gasteiger partial charge in [-0.05, 0) is 47.1 Å². The molecule has 0 aliphatic rings. The summed E-state index contributed by atoms with van der Waals surface area (Å²) in [6.07, 6.45) is 0.0745. The zero-order valence-electron chi connectivity index (χ0n) is 15.8. The van der Waals surface area contributed by atoms with Gasteiger partial charge in [-0.1, -0.05) is 30.3 Å². The summed E-state index contributed by atoms with van der Waals surface area (Å²) in [5, 5.41) is 2.85. The average molecular weight is 355 g/mol. The van der Waals surface area contributed by atoms with Gasteiger partial charge in [0.2, 0.25) is 5.91 Å². The molecule has 1 N–H and O–H groups in total. The SMILES string of the molecule is CC(=O)NC(CP(=O)(OC(C)(C)C)OC(C)(C)C)c1ccccc1. The van der Waals surface area contributed by atoms with Crippen molar-refractivity contribution in [3.8, 4) is 0 Å². The third kappa shape index (κ3) is 8.09. The number of rotatable bonds is 6. The maximum atomic E-state index is 13.4. The fraction of sp³-hybridized carbons (Fsp3) is 0.611. The van der Waals surface area contributed by atoms with Crippen LogP contribution in [0.1, 0.15) is 60.1 Å². The third-order valence-corrected chi connectivity index (χ3v) is 5.28. The van der Waals surface area contributed by atoms with Crippen molar-refractivity contribution in [2.24, 2.45) is 0 Å². The predicted octanol–water partition coefficient (Wildman–Crippen LogP) is 4.69. The van der Waals surface area contributed by atoms with Crippen LogP contribution in [-0.2, 0) is 18.4 Å². The second-order valence-corrected chi connectivity index (χ2v) is 9.82. The second kappa shape index (κ2) is 7.81. The van der Waals surface area contributed by atoms with Gasteiger partial charge in [0, 0.05) is 6.92 Å². The lowest BCUT2D eigenvalue weighted by Crippen LogP contribution is -2.32. The molecule has 1 amide bonds. The van der Waals surface area contributed by atoms with Gasteiger partial charge >= 0.3 is 7.60 Å². The van der Waals surface area contributed by atoms with Crippen molar-refractivity contribution in [3.05, 3.63) is 35.9 Å². The summed E-state index contributed by atoms with van der Waals surface area (Å²) >= 11 is 0. The Kier molecular flexibility index (Phi) is 6.80. The molecule has 5 nitrogen and oxygen atoms in total. The molecule has 136 valence electrons. The molecule has 0 fully saturated rings. The molecular weight excluding hydrogens is 325 g/mol. The van der Waals surface area contributed by atoms with Crippen LogP contribution in [0.3, 0.4) is 0 Å². The summed E-state index contributed by atoms with van der Waals surface area (Å²) in [5.41, 5.74) is -0.390. The van der Waals surface area contributed by atoms with Gasteiger partial charge in [0.15, 0.2) is 0 Å². The van der Waals surface area contributed by atoms with E-state index in [-0.39, 0.29) is 12.1 Å². The monoisotopic (exact) mass is 355 g/mol. The number of nitrogens with one attached hydrogen (secondary N) is 1. The second-order valence-electron chi connectivity index (χ2n) is 7.86. The van der Waals surface area contributed by atoms with Gasteiger partial charge in [0.25, 0.3) is 0 Å². The number of carbonyl (C=O) groups excluding carboxylic acids is 1. The van der Waals surface area contributed by atoms with Gasteiger partial charge in [-0.2, -0.15) is 0 Å². The van der Waals surface area contributed by atoms with E-state index in [4.69, 9.17) is 9.05 Å². The summed E-state index contributed by atoms with van der Waals surface area (Å²) in [5.74, 6) is -0.193. The fourth-order valence-corrected chi connectivity index (χ4v) is 4.92. The van der Waals surface area contributed by atoms with Crippen LogP contribution in [0.4, 0.5) is 0 Å². The molecule has 0 aliphatic carbocycles. The van der Waals surface area contributed by atoms with E-state index in [9.17, 15) is 9.36 Å². The van der Waals surface area contributed by atoms with Gasteiger partial charge in [-0.3, -0.25) is 9.36 Å². The molecule has 0 bridgehead atoms. The molecule has 0 radical (unpaired) electrons. The lowest BCUT2D eigenvalue weighted by Gasteiger charge is -2.34. The van der Waals surface area contributed by atoms with E-state index in [1.54, 1.807) is 0 Å². The molecule has 1 unspecified atom stereocenters. The van der Waals surface area contributed by atoms with Crippen molar-refractivity contribution < 1.29 is 18.4 Å². The third-order valence-electron chi connectivity index (χ3n) is 2.81. The van der Waals surface area contributed by atoms with Crippen LogP contribution in [0.2, 0.25) is 0 Å². The highest BCUT2D eigenvalue weighted by Crippen LogP contribution is 2.56. The van der Waals surface area contributed by atoms with Gasteiger partial charge in [0.1, 0.15) is 0 Å². The van der Waals surface area contributed by atoms with Crippen LogP contribution < -0.4 is 5.32 Å². The Labute approximate surface area is 145 Å². The average Bonchev–Trinajstić information content (AvgIpc) is 2.33. The first-order chi connectivity index (χ1) is 10.8. The zero-order valence-corrected chi connectivity index (χ0v) is 16.6. The van der Waals surface area contributed by atoms with Crippen LogP contribution in [-0.4, -0.2) is 23.3 Å². The highest BCUT2D eigenvalue weighted by molar-refractivity contribution is 7.54. The van der Waals surface area contributed by atoms with Crippen molar-refractivity contribution in [3.63, 3.8) is 0 Å². The van der Waals surface area contributed by atoms with Crippen LogP contribution in [0.5, 0.6) is 0 Å². The summed E-state index contributed by atoms with van der Waals surface area (Å²) in [6.45, 7) is 12.5. The molecule has 1 atom stereocenters. The molecule has 0 spiro atoms. The molecule has 0 heterocycles. The largest absolute Gasteiger partial charge is 0.349 e. The number of benzene rings is 1. The molecule has 0 aromatic heterocycles. The van der Waals surface area contributed by atoms with Gasteiger partial charge < -0.3 is 14.4 Å². The van der Waals surface area contributed by atoms with E-state index < -0.39 is 24.8 Å². The molecule has 0 saturated heterocycles. The number of hydrogen-bond acceptors (Lipinski definition) is 4. The smallest absolute Gasteiger partial charge is 0.334 e. The Morgan fingerprint density at radius 1 is 1.04 bits per heavy atom. The van der Waals surface area contributed by atoms with Crippen molar-refractivity contribution in [1.82, 2.24) is 5.32 Å². The van der Waals surface area contributed by atoms with E-state index in [0.717, 1.165) is 5.56 Å². The summed E-state index contributed by atoms with van der Waals surface area (Å²) in [4.78, 5) is 11.6. The number of amides is 1. The molecule has 0 saturated carbocycles. The van der Waals surface area contributed by atoms with E-state index in [1.807, 2.05) is 71.9 Å². The van der Waals surface area contributed by atoms with Crippen LogP contribution in [0, 0.1) is 0 Å². The minimum atomic E-state index is -3.45. The molecule has 1 aromatic rings. The van der Waals surface area contributed by atoms with Crippen LogP contribution in [0.15, 0.2) is 30.3 Å². The van der Waals surface area contributed by atoms with Crippen LogP contribution >= 0.6 is 7.60 Å². The van der Waals surface area contributed by atoms with Gasteiger partial charge in [0.05, 0.1) is 23.4 Å². The van der Waals surface area contributed by atoms with E-state index in [0.29, 0.717) is 0 Å². The molecule has 6 heteroatoms. The Balaban J connectivity index is 3.15. The number of hydrogen-bond donors (Lipinski definition) is 1. The quantitative estimate of drug-likeness (QED) is 0.752. The lowest BCUT2D eigenvalue weighted by molar-refractivity contribution is -0.119. The summed E-state index contributed by atoms with van der Waals surface area (Å²) in [7, 11) is -3.45. The topological polar surface area (TPSA) is 64.6 Å². The lowest BCUT2D eigenvalue weighted by atomic mass is 10.1. The highest BCUT2D eigenvalue weighted by Gasteiger charge is 2.38. The van der Waals surface area contributed by atoms with E-state index in [1.165, 1.54) is 6.92 Å². The first-order valence-electron chi connectivity index (χ1n) is 8.12. The summed E-state index contributed by atoms with van der Waals surface area (Å²) < 4.78 is 25.0. The Morgan fingerprint density at radius 3 is 1.88 bits per heavy atom. The van der Waals surface area contributed by atoms with Crippen molar-refractivity contribution in [2.75, 3.05) is 6.16 Å². The van der Waals surface area contributed by atoms with Gasteiger partial charge in [-0.25, -0.2) is 0 Å². The Morgan fingerprint density at radius 2 is 1.50 bits per heavy atom. The first-order valence-corrected chi connectivity index (χ1v) is 9.85. The molecule has 0 aliphatic heterocycles. The maximum absolute atomic E-state index is 13.4. The minimum Gasteiger partial charge on any atom is -0.349 e. The van der Waals surface area contributed by atoms with E-state index in [2.05, 4.69) is 5.32 Å². The van der Waals surface area contributed by atoms with E-state index >= 15 is 0 Å². The highest BCUT2D eigenvalue weighted by atomic mass is 31.2. The van der Waals surface area contributed by atoms with Crippen molar-refractivity contribution >= 4 is 13.5 Å². The Hall–Kier alpha value is -1.16. The molecular formula is C18H30NO4P. The number of carbonyl (C=O) groups is 1. The molecule has 1 rings (SSSR count). The predicted molar refractivity (Wildman–Crippen MR) is 97.1 cm³/mol. The standard InChI is InChI=1S/C18H30NO4P/c1-14(20)19-16(15-11-9-8-10-12-15)13-24(21,22-17(2,3)4)23-18(5,6)7/h8-12,16H,13H2,1-7H3,(H,19,20). The molecule has 1 aromatic carbocycles. The van der Waals surface area contributed by atoms with Gasteiger partial charge in [-0.15, -0.1) is 0 Å². The maximum Gasteiger partial charge on any atom is 0.334 e. The Bertz CT molecular complexity index is 567. The minimum absolute atomic E-state index is 0.0745. The van der Waals surface area contributed by atoms with Crippen LogP contribution in [0.25, 0.3) is 0 Å².